The molecule has 0 aliphatic heterocycles. The molecular weight excluding hydrogens is 270 g/mol. The number of hydrogen-bond acceptors (Lipinski definition) is 2. The predicted octanol–water partition coefficient (Wildman–Crippen LogP) is 2.66. The van der Waals surface area contributed by atoms with E-state index in [1.165, 1.54) is 5.56 Å². The molecule has 0 saturated carbocycles. The molecule has 0 spiro atoms. The van der Waals surface area contributed by atoms with E-state index in [1.807, 2.05) is 37.1 Å². The molecule has 0 bridgehead atoms. The molecule has 1 N–H and O–H groups in total. The fraction of sp³-hybridized carbons (Fsp3) is 0.417. The zero-order valence-corrected chi connectivity index (χ0v) is 11.3. The van der Waals surface area contributed by atoms with Crippen LogP contribution in [0.25, 0.3) is 0 Å². The van der Waals surface area contributed by atoms with Crippen LogP contribution in [0.2, 0.25) is 0 Å². The zero-order chi connectivity index (χ0) is 12.3. The first kappa shape index (κ1) is 13.2. The lowest BCUT2D eigenvalue weighted by Crippen LogP contribution is -2.35. The van der Waals surface area contributed by atoms with Crippen LogP contribution >= 0.6 is 15.9 Å². The number of aliphatic carboxylic acids is 1. The second kappa shape index (κ2) is 5.46. The van der Waals surface area contributed by atoms with Gasteiger partial charge >= 0.3 is 5.97 Å². The summed E-state index contributed by atoms with van der Waals surface area (Å²) >= 11 is 3.42. The Morgan fingerprint density at radius 2 is 2.19 bits per heavy atom. The molecule has 0 heterocycles. The Labute approximate surface area is 104 Å². The summed E-state index contributed by atoms with van der Waals surface area (Å²) in [5.41, 5.74) is 2.32. The first-order chi connectivity index (χ1) is 7.41. The van der Waals surface area contributed by atoms with Crippen molar-refractivity contribution in [1.82, 2.24) is 4.90 Å². The minimum absolute atomic E-state index is 0.474. The molecule has 88 valence electrons. The van der Waals surface area contributed by atoms with Gasteiger partial charge < -0.3 is 5.11 Å². The number of carbonyl (C=O) groups is 1. The van der Waals surface area contributed by atoms with Gasteiger partial charge in [0.05, 0.1) is 0 Å². The molecule has 0 fully saturated rings. The molecule has 1 aromatic carbocycles. The van der Waals surface area contributed by atoms with Crippen molar-refractivity contribution in [2.24, 2.45) is 0 Å². The number of likely N-dealkylation sites (N-methyl/N-ethyl adjacent to an activating group) is 1. The van der Waals surface area contributed by atoms with Gasteiger partial charge in [-0.1, -0.05) is 22.0 Å². The third kappa shape index (κ3) is 3.32. The Bertz CT molecular complexity index is 393. The summed E-state index contributed by atoms with van der Waals surface area (Å²) in [5.74, 6) is -0.796. The van der Waals surface area contributed by atoms with Crippen LogP contribution in [-0.4, -0.2) is 29.1 Å². The zero-order valence-electron chi connectivity index (χ0n) is 9.70. The van der Waals surface area contributed by atoms with Crippen molar-refractivity contribution in [3.05, 3.63) is 33.8 Å². The van der Waals surface area contributed by atoms with Gasteiger partial charge in [-0.3, -0.25) is 9.69 Å². The molecule has 0 amide bonds. The Kier molecular flexibility index (Phi) is 4.50. The summed E-state index contributed by atoms with van der Waals surface area (Å²) in [4.78, 5) is 12.6. The van der Waals surface area contributed by atoms with E-state index >= 15 is 0 Å². The Morgan fingerprint density at radius 3 is 2.75 bits per heavy atom. The van der Waals surface area contributed by atoms with E-state index in [9.17, 15) is 4.79 Å². The van der Waals surface area contributed by atoms with Crippen LogP contribution in [0.1, 0.15) is 18.1 Å². The smallest absolute Gasteiger partial charge is 0.320 e. The highest BCUT2D eigenvalue weighted by molar-refractivity contribution is 9.10. The van der Waals surface area contributed by atoms with Crippen LogP contribution in [0.15, 0.2) is 22.7 Å². The highest BCUT2D eigenvalue weighted by atomic mass is 79.9. The molecule has 4 heteroatoms. The van der Waals surface area contributed by atoms with E-state index in [1.54, 1.807) is 6.92 Å². The van der Waals surface area contributed by atoms with Gasteiger partial charge in [0.25, 0.3) is 0 Å². The second-order valence-electron chi connectivity index (χ2n) is 4.00. The third-order valence-corrected chi connectivity index (χ3v) is 3.24. The minimum Gasteiger partial charge on any atom is -0.480 e. The Balaban J connectivity index is 2.80. The van der Waals surface area contributed by atoms with Crippen molar-refractivity contribution >= 4 is 21.9 Å². The first-order valence-corrected chi connectivity index (χ1v) is 5.89. The van der Waals surface area contributed by atoms with E-state index in [4.69, 9.17) is 5.11 Å². The van der Waals surface area contributed by atoms with Crippen molar-refractivity contribution in [3.63, 3.8) is 0 Å². The highest BCUT2D eigenvalue weighted by Crippen LogP contribution is 2.18. The monoisotopic (exact) mass is 285 g/mol. The summed E-state index contributed by atoms with van der Waals surface area (Å²) in [7, 11) is 1.82. The van der Waals surface area contributed by atoms with E-state index in [-0.39, 0.29) is 0 Å². The summed E-state index contributed by atoms with van der Waals surface area (Å²) in [6.45, 7) is 4.36. The van der Waals surface area contributed by atoms with E-state index in [0.717, 1.165) is 10.0 Å². The average molecular weight is 286 g/mol. The van der Waals surface area contributed by atoms with Crippen molar-refractivity contribution < 1.29 is 9.90 Å². The lowest BCUT2D eigenvalue weighted by Gasteiger charge is -2.22. The minimum atomic E-state index is -0.796. The van der Waals surface area contributed by atoms with Crippen molar-refractivity contribution in [2.45, 2.75) is 26.4 Å². The van der Waals surface area contributed by atoms with Gasteiger partial charge in [0, 0.05) is 11.0 Å². The fourth-order valence-corrected chi connectivity index (χ4v) is 1.81. The summed E-state index contributed by atoms with van der Waals surface area (Å²) in [5, 5.41) is 8.90. The normalized spacial score (nSPS) is 12.8. The van der Waals surface area contributed by atoms with Crippen molar-refractivity contribution in [1.29, 1.82) is 0 Å². The highest BCUT2D eigenvalue weighted by Gasteiger charge is 2.17. The van der Waals surface area contributed by atoms with Crippen LogP contribution < -0.4 is 0 Å². The number of nitrogens with zero attached hydrogens (tertiary/aromatic N) is 1. The lowest BCUT2D eigenvalue weighted by molar-refractivity contribution is -0.142. The van der Waals surface area contributed by atoms with E-state index in [2.05, 4.69) is 15.9 Å². The van der Waals surface area contributed by atoms with Crippen LogP contribution in [0.4, 0.5) is 0 Å². The topological polar surface area (TPSA) is 40.5 Å². The third-order valence-electron chi connectivity index (χ3n) is 2.75. The number of carboxylic acids is 1. The largest absolute Gasteiger partial charge is 0.480 e. The predicted molar refractivity (Wildman–Crippen MR) is 67.4 cm³/mol. The van der Waals surface area contributed by atoms with Gasteiger partial charge in [0.2, 0.25) is 0 Å². The molecule has 0 aliphatic rings. The van der Waals surface area contributed by atoms with Gasteiger partial charge in [0.15, 0.2) is 0 Å². The number of halogens is 1. The summed E-state index contributed by atoms with van der Waals surface area (Å²) in [6.07, 6.45) is 0. The standard InChI is InChI=1S/C12H16BrNO2/c1-8-4-5-11(13)6-10(8)7-14(3)9(2)12(15)16/h4-6,9H,7H2,1-3H3,(H,15,16). The summed E-state index contributed by atoms with van der Waals surface area (Å²) < 4.78 is 1.02. The van der Waals surface area contributed by atoms with Gasteiger partial charge in [-0.25, -0.2) is 0 Å². The number of aryl methyl sites for hydroxylation is 1. The van der Waals surface area contributed by atoms with Gasteiger partial charge in [-0.15, -0.1) is 0 Å². The molecular formula is C12H16BrNO2. The van der Waals surface area contributed by atoms with Crippen molar-refractivity contribution in [2.75, 3.05) is 7.05 Å². The van der Waals surface area contributed by atoms with Crippen molar-refractivity contribution in [3.8, 4) is 0 Å². The second-order valence-corrected chi connectivity index (χ2v) is 4.92. The maximum Gasteiger partial charge on any atom is 0.320 e. The maximum atomic E-state index is 10.8. The Morgan fingerprint density at radius 1 is 1.56 bits per heavy atom. The van der Waals surface area contributed by atoms with E-state index in [0.29, 0.717) is 6.54 Å². The van der Waals surface area contributed by atoms with Gasteiger partial charge in [-0.05, 0) is 44.2 Å². The lowest BCUT2D eigenvalue weighted by atomic mass is 10.1. The molecule has 1 rings (SSSR count). The van der Waals surface area contributed by atoms with Crippen LogP contribution in [0, 0.1) is 6.92 Å². The molecule has 0 saturated heterocycles. The van der Waals surface area contributed by atoms with E-state index < -0.39 is 12.0 Å². The van der Waals surface area contributed by atoms with Crippen LogP contribution in [0.5, 0.6) is 0 Å². The molecule has 3 nitrogen and oxygen atoms in total. The SMILES string of the molecule is Cc1ccc(Br)cc1CN(C)C(C)C(=O)O. The molecule has 0 aromatic heterocycles. The molecule has 1 unspecified atom stereocenters. The number of benzene rings is 1. The molecule has 16 heavy (non-hydrogen) atoms. The maximum absolute atomic E-state index is 10.8. The van der Waals surface area contributed by atoms with Gasteiger partial charge in [0.1, 0.15) is 6.04 Å². The fourth-order valence-electron chi connectivity index (χ4n) is 1.40. The molecule has 1 atom stereocenters. The number of carboxylic acid groups (broad SMARTS) is 1. The van der Waals surface area contributed by atoms with Crippen LogP contribution in [-0.2, 0) is 11.3 Å². The summed E-state index contributed by atoms with van der Waals surface area (Å²) in [6, 6.07) is 5.57. The molecule has 0 aliphatic carbocycles. The first-order valence-electron chi connectivity index (χ1n) is 5.10. The molecule has 0 radical (unpaired) electrons. The molecule has 1 aromatic rings. The quantitative estimate of drug-likeness (QED) is 0.925. The van der Waals surface area contributed by atoms with Gasteiger partial charge in [-0.2, -0.15) is 0 Å². The number of hydrogen-bond donors (Lipinski definition) is 1. The number of rotatable bonds is 4. The average Bonchev–Trinajstić information content (AvgIpc) is 2.22. The Hall–Kier alpha value is -0.870. The van der Waals surface area contributed by atoms with Crippen LogP contribution in [0.3, 0.4) is 0 Å².